The molecule has 42 heavy (non-hydrogen) atoms. The molecule has 0 aromatic carbocycles. The van der Waals surface area contributed by atoms with E-state index < -0.39 is 0 Å². The van der Waals surface area contributed by atoms with E-state index >= 15 is 0 Å². The highest BCUT2D eigenvalue weighted by Gasteiger charge is 2.66. The molecule has 0 saturated heterocycles. The van der Waals surface area contributed by atoms with Crippen LogP contribution in [0.15, 0.2) is 21.7 Å². The molecular weight excluding hydrogens is 594 g/mol. The van der Waals surface area contributed by atoms with E-state index in [1.807, 2.05) is 0 Å². The van der Waals surface area contributed by atoms with E-state index in [9.17, 15) is 14.4 Å². The number of allylic oxidation sites excluding steroid dienone is 2. The van der Waals surface area contributed by atoms with E-state index in [0.717, 1.165) is 31.6 Å². The summed E-state index contributed by atoms with van der Waals surface area (Å²) in [5, 5.41) is 0.231. The Bertz CT molecular complexity index is 1310. The highest BCUT2D eigenvalue weighted by molar-refractivity contribution is 9.09. The first-order valence-electron chi connectivity index (χ1n) is 16.6. The molecule has 5 rings (SSSR count). The van der Waals surface area contributed by atoms with Crippen LogP contribution in [0.4, 0.5) is 0 Å². The van der Waals surface area contributed by atoms with E-state index in [4.69, 9.17) is 4.74 Å². The van der Waals surface area contributed by atoms with Crippen molar-refractivity contribution in [3.8, 4) is 0 Å². The van der Waals surface area contributed by atoms with Crippen LogP contribution in [0.1, 0.15) is 98.8 Å². The van der Waals surface area contributed by atoms with Crippen molar-refractivity contribution in [3.63, 3.8) is 0 Å². The van der Waals surface area contributed by atoms with Gasteiger partial charge < -0.3 is 4.74 Å². The smallest absolute Gasteiger partial charge is 0.346 e. The topological polar surface area (TPSA) is 75.2 Å². The highest BCUT2D eigenvalue weighted by atomic mass is 79.9. The van der Waals surface area contributed by atoms with Crippen molar-refractivity contribution < 1.29 is 9.53 Å². The van der Waals surface area contributed by atoms with Gasteiger partial charge in [-0.25, -0.2) is 23.5 Å². The molecule has 8 heteroatoms. The predicted octanol–water partition coefficient (Wildman–Crippen LogP) is 6.46. The van der Waals surface area contributed by atoms with Gasteiger partial charge in [-0.15, -0.1) is 0 Å². The number of carbonyl (C=O) groups is 1. The molecule has 0 amide bonds. The molecule has 9 atom stereocenters. The SMILES string of the molecule is CC(C)CCC[C@@H](C)C1CC[C@H]2C3(Cn4c(=O)n(C)c(=O)n4C)C=CC4C[C@@H](OC(=O)CBr)CC[C@]4(C)[C@H]3CC[C@]12C. The summed E-state index contributed by atoms with van der Waals surface area (Å²) < 4.78 is 10.3. The number of esters is 1. The first kappa shape index (κ1) is 31.8. The van der Waals surface area contributed by atoms with Crippen molar-refractivity contribution in [2.24, 2.45) is 65.8 Å². The Balaban J connectivity index is 1.54. The Morgan fingerprint density at radius 1 is 1.00 bits per heavy atom. The van der Waals surface area contributed by atoms with E-state index in [0.29, 0.717) is 36.1 Å². The predicted molar refractivity (Wildman–Crippen MR) is 171 cm³/mol. The molecule has 3 unspecified atom stereocenters. The molecule has 3 saturated carbocycles. The summed E-state index contributed by atoms with van der Waals surface area (Å²) in [5.74, 6) is 3.14. The average molecular weight is 649 g/mol. The Kier molecular flexibility index (Phi) is 8.90. The zero-order valence-electron chi connectivity index (χ0n) is 27.0. The summed E-state index contributed by atoms with van der Waals surface area (Å²) in [6.07, 6.45) is 16.3. The molecule has 4 aliphatic carbocycles. The van der Waals surface area contributed by atoms with Gasteiger partial charge in [-0.2, -0.15) is 0 Å². The van der Waals surface area contributed by atoms with Gasteiger partial charge in [0.15, 0.2) is 0 Å². The van der Waals surface area contributed by atoms with Crippen LogP contribution in [0.5, 0.6) is 0 Å². The molecule has 1 aromatic rings. The molecule has 0 spiro atoms. The number of carbonyl (C=O) groups excluding carboxylic acids is 1. The van der Waals surface area contributed by atoms with Gasteiger partial charge in [-0.3, -0.25) is 4.79 Å². The number of rotatable bonds is 9. The second-order valence-corrected chi connectivity index (χ2v) is 16.0. The minimum Gasteiger partial charge on any atom is -0.462 e. The Morgan fingerprint density at radius 3 is 2.33 bits per heavy atom. The molecule has 1 heterocycles. The molecule has 236 valence electrons. The third-order valence-corrected chi connectivity index (χ3v) is 13.3. The maximum absolute atomic E-state index is 13.4. The summed E-state index contributed by atoms with van der Waals surface area (Å²) in [6, 6.07) is 0. The van der Waals surface area contributed by atoms with Gasteiger partial charge in [0.2, 0.25) is 0 Å². The molecule has 7 nitrogen and oxygen atoms in total. The van der Waals surface area contributed by atoms with Crippen molar-refractivity contribution in [1.29, 1.82) is 0 Å². The Morgan fingerprint density at radius 2 is 1.69 bits per heavy atom. The molecule has 0 radical (unpaired) electrons. The lowest BCUT2D eigenvalue weighted by Crippen LogP contribution is -2.60. The van der Waals surface area contributed by atoms with Crippen LogP contribution in [-0.2, 0) is 30.2 Å². The van der Waals surface area contributed by atoms with Gasteiger partial charge >= 0.3 is 17.3 Å². The summed E-state index contributed by atoms with van der Waals surface area (Å²) in [5.41, 5.74) is -0.398. The standard InChI is InChI=1S/C34H54BrN3O4/c1-22(2)9-8-10-23(3)26-11-12-27-33(26,5)17-15-28-32(4)16-14-25(42-29(39)20-35)19-24(32)13-18-34(27,28)21-38-31(41)36(6)30(40)37(38)7/h13,18,22-28H,8-12,14-17,19-21H2,1-7H3/t23-,24?,25+,26?,27-,28-,32+,33-,34?/m1/s1. The number of ether oxygens (including phenoxy) is 1. The van der Waals surface area contributed by atoms with Gasteiger partial charge in [0.1, 0.15) is 11.4 Å². The average Bonchev–Trinajstić information content (AvgIpc) is 3.39. The highest BCUT2D eigenvalue weighted by Crippen LogP contribution is 2.72. The van der Waals surface area contributed by atoms with Crippen LogP contribution in [0.25, 0.3) is 0 Å². The van der Waals surface area contributed by atoms with Crippen LogP contribution >= 0.6 is 15.9 Å². The first-order chi connectivity index (χ1) is 19.8. The van der Waals surface area contributed by atoms with Crippen molar-refractivity contribution in [3.05, 3.63) is 33.1 Å². The van der Waals surface area contributed by atoms with Gasteiger partial charge in [-0.05, 0) is 91.3 Å². The maximum atomic E-state index is 13.4. The number of nitrogens with zero attached hydrogens (tertiary/aromatic N) is 3. The summed E-state index contributed by atoms with van der Waals surface area (Å²) in [7, 11) is 3.33. The lowest BCUT2D eigenvalue weighted by Gasteiger charge is -2.64. The maximum Gasteiger partial charge on any atom is 0.346 e. The normalized spacial score (nSPS) is 38.2. The van der Waals surface area contributed by atoms with Crippen molar-refractivity contribution in [2.45, 2.75) is 111 Å². The fourth-order valence-corrected chi connectivity index (χ4v) is 10.9. The van der Waals surface area contributed by atoms with E-state index in [1.54, 1.807) is 23.5 Å². The van der Waals surface area contributed by atoms with Crippen LogP contribution in [0.3, 0.4) is 0 Å². The van der Waals surface area contributed by atoms with E-state index in [1.165, 1.54) is 43.1 Å². The minimum absolute atomic E-state index is 0.0424. The van der Waals surface area contributed by atoms with E-state index in [-0.39, 0.29) is 45.0 Å². The summed E-state index contributed by atoms with van der Waals surface area (Å²) in [4.78, 5) is 38.4. The molecule has 0 aliphatic heterocycles. The van der Waals surface area contributed by atoms with Crippen LogP contribution in [-0.4, -0.2) is 31.3 Å². The third kappa shape index (κ3) is 5.13. The third-order valence-electron chi connectivity index (χ3n) is 12.9. The molecule has 1 aromatic heterocycles. The van der Waals surface area contributed by atoms with Crippen molar-refractivity contribution in [2.75, 3.05) is 5.33 Å². The molecule has 0 N–H and O–H groups in total. The van der Waals surface area contributed by atoms with Gasteiger partial charge in [0.25, 0.3) is 0 Å². The molecule has 4 aliphatic rings. The number of hydrogen-bond donors (Lipinski definition) is 0. The molecule has 0 bridgehead atoms. The second kappa shape index (κ2) is 11.7. The lowest BCUT2D eigenvalue weighted by molar-refractivity contribution is -0.159. The fraction of sp³-hybridized carbons (Fsp3) is 0.853. The van der Waals surface area contributed by atoms with Crippen molar-refractivity contribution in [1.82, 2.24) is 13.9 Å². The van der Waals surface area contributed by atoms with Crippen LogP contribution in [0.2, 0.25) is 0 Å². The van der Waals surface area contributed by atoms with Gasteiger partial charge in [-0.1, -0.05) is 82.0 Å². The summed E-state index contributed by atoms with van der Waals surface area (Å²) >= 11 is 3.25. The number of aromatic nitrogens is 3. The van der Waals surface area contributed by atoms with Crippen molar-refractivity contribution >= 4 is 21.9 Å². The zero-order chi connectivity index (χ0) is 30.6. The number of hydrogen-bond acceptors (Lipinski definition) is 4. The van der Waals surface area contributed by atoms with Gasteiger partial charge in [0.05, 0.1) is 6.54 Å². The molecular formula is C34H54BrN3O4. The monoisotopic (exact) mass is 647 g/mol. The van der Waals surface area contributed by atoms with E-state index in [2.05, 4.69) is 62.7 Å². The van der Waals surface area contributed by atoms with Crippen LogP contribution in [0, 0.1) is 51.8 Å². The largest absolute Gasteiger partial charge is 0.462 e. The first-order valence-corrected chi connectivity index (χ1v) is 17.7. The second-order valence-electron chi connectivity index (χ2n) is 15.4. The lowest BCUT2D eigenvalue weighted by atomic mass is 9.40. The summed E-state index contributed by atoms with van der Waals surface area (Å²) in [6.45, 7) is 12.7. The Hall–Kier alpha value is -1.57. The van der Waals surface area contributed by atoms with Crippen LogP contribution < -0.4 is 11.4 Å². The fourth-order valence-electron chi connectivity index (χ4n) is 10.7. The number of alkyl halides is 1. The minimum atomic E-state index is -0.257. The number of fused-ring (bicyclic) bond motifs is 5. The quantitative estimate of drug-likeness (QED) is 0.175. The van der Waals surface area contributed by atoms with Gasteiger partial charge in [0, 0.05) is 19.5 Å². The Labute approximate surface area is 260 Å². The zero-order valence-corrected chi connectivity index (χ0v) is 28.6. The number of halogens is 1. The molecule has 3 fully saturated rings.